The molecule has 0 saturated carbocycles. The molecule has 0 atom stereocenters. The van der Waals surface area contributed by atoms with E-state index in [0.717, 1.165) is 41.1 Å². The fourth-order valence-corrected chi connectivity index (χ4v) is 2.74. The predicted molar refractivity (Wildman–Crippen MR) is 75.3 cm³/mol. The molecule has 0 spiro atoms. The Bertz CT molecular complexity index is 727. The maximum Gasteiger partial charge on any atom is 0.247 e. The van der Waals surface area contributed by atoms with E-state index in [4.69, 9.17) is 0 Å². The minimum atomic E-state index is 0.749. The summed E-state index contributed by atoms with van der Waals surface area (Å²) in [6, 6.07) is 8.11. The van der Waals surface area contributed by atoms with Crippen LogP contribution in [0.25, 0.3) is 22.1 Å². The maximum atomic E-state index is 4.63. The van der Waals surface area contributed by atoms with Gasteiger partial charge in [0.2, 0.25) is 5.95 Å². The van der Waals surface area contributed by atoms with Crippen molar-refractivity contribution in [2.75, 3.05) is 18.0 Å². The Morgan fingerprint density at radius 3 is 2.74 bits per heavy atom. The third-order valence-corrected chi connectivity index (χ3v) is 3.75. The van der Waals surface area contributed by atoms with E-state index in [-0.39, 0.29) is 0 Å². The number of hydrogen-bond acceptors (Lipinski definition) is 4. The molecule has 1 fully saturated rings. The molecule has 5 heteroatoms. The van der Waals surface area contributed by atoms with Crippen LogP contribution < -0.4 is 4.90 Å². The summed E-state index contributed by atoms with van der Waals surface area (Å²) in [6.07, 6.45) is 3.74. The number of anilines is 1. The van der Waals surface area contributed by atoms with Gasteiger partial charge in [0.15, 0.2) is 5.65 Å². The largest absolute Gasteiger partial charge is 0.339 e. The standard InChI is InChI=1S/C14H15N5/c1-4-8-19(9-5-1)14-16-13-12(17-18-14)10-6-2-3-7-11(10)15-13/h2-3,6-7H,1,4-5,8-9H2,(H,15,16,18). The van der Waals surface area contributed by atoms with Crippen molar-refractivity contribution in [2.24, 2.45) is 0 Å². The zero-order chi connectivity index (χ0) is 12.7. The number of fused-ring (bicyclic) bond motifs is 3. The maximum absolute atomic E-state index is 4.63. The lowest BCUT2D eigenvalue weighted by atomic mass is 10.1. The number of benzene rings is 1. The Hall–Kier alpha value is -2.17. The molecule has 0 radical (unpaired) electrons. The fraction of sp³-hybridized carbons (Fsp3) is 0.357. The summed E-state index contributed by atoms with van der Waals surface area (Å²) in [5.74, 6) is 0.749. The quantitative estimate of drug-likeness (QED) is 0.724. The highest BCUT2D eigenvalue weighted by Gasteiger charge is 2.15. The number of nitrogens with zero attached hydrogens (tertiary/aromatic N) is 4. The summed E-state index contributed by atoms with van der Waals surface area (Å²) in [6.45, 7) is 2.07. The van der Waals surface area contributed by atoms with E-state index < -0.39 is 0 Å². The molecule has 0 unspecified atom stereocenters. The Balaban J connectivity index is 1.84. The van der Waals surface area contributed by atoms with Crippen molar-refractivity contribution < 1.29 is 0 Å². The second-order valence-corrected chi connectivity index (χ2v) is 5.03. The summed E-state index contributed by atoms with van der Waals surface area (Å²) in [4.78, 5) is 10.2. The van der Waals surface area contributed by atoms with E-state index >= 15 is 0 Å². The van der Waals surface area contributed by atoms with Gasteiger partial charge in [-0.15, -0.1) is 10.2 Å². The Morgan fingerprint density at radius 1 is 1.00 bits per heavy atom. The number of aromatic nitrogens is 4. The zero-order valence-electron chi connectivity index (χ0n) is 10.6. The number of nitrogens with one attached hydrogen (secondary N) is 1. The molecule has 96 valence electrons. The minimum Gasteiger partial charge on any atom is -0.339 e. The lowest BCUT2D eigenvalue weighted by molar-refractivity contribution is 0.566. The molecule has 0 aliphatic carbocycles. The zero-order valence-corrected chi connectivity index (χ0v) is 10.6. The van der Waals surface area contributed by atoms with E-state index in [1.807, 2.05) is 24.3 Å². The molecule has 3 heterocycles. The van der Waals surface area contributed by atoms with Crippen molar-refractivity contribution >= 4 is 28.0 Å². The van der Waals surface area contributed by atoms with Crippen LogP contribution in [-0.4, -0.2) is 33.3 Å². The van der Waals surface area contributed by atoms with E-state index in [2.05, 4.69) is 25.1 Å². The van der Waals surface area contributed by atoms with Crippen LogP contribution in [0.1, 0.15) is 19.3 Å². The Labute approximate surface area is 110 Å². The lowest BCUT2D eigenvalue weighted by Crippen LogP contribution is -2.31. The van der Waals surface area contributed by atoms with Gasteiger partial charge in [0.25, 0.3) is 0 Å². The molecule has 1 saturated heterocycles. The minimum absolute atomic E-state index is 0.749. The molecule has 19 heavy (non-hydrogen) atoms. The first kappa shape index (κ1) is 10.7. The van der Waals surface area contributed by atoms with Crippen molar-refractivity contribution in [1.29, 1.82) is 0 Å². The van der Waals surface area contributed by atoms with Crippen LogP contribution in [0.4, 0.5) is 5.95 Å². The van der Waals surface area contributed by atoms with Gasteiger partial charge in [0, 0.05) is 24.0 Å². The monoisotopic (exact) mass is 253 g/mol. The van der Waals surface area contributed by atoms with Gasteiger partial charge in [-0.25, -0.2) is 0 Å². The molecule has 0 amide bonds. The fourth-order valence-electron chi connectivity index (χ4n) is 2.74. The highest BCUT2D eigenvalue weighted by Crippen LogP contribution is 2.23. The number of hydrogen-bond donors (Lipinski definition) is 1. The second-order valence-electron chi connectivity index (χ2n) is 5.03. The summed E-state index contributed by atoms with van der Waals surface area (Å²) in [7, 11) is 0. The van der Waals surface area contributed by atoms with Gasteiger partial charge in [-0.1, -0.05) is 18.2 Å². The molecule has 3 aromatic rings. The third kappa shape index (κ3) is 1.73. The molecule has 0 bridgehead atoms. The van der Waals surface area contributed by atoms with E-state index in [1.54, 1.807) is 0 Å². The summed E-state index contributed by atoms with van der Waals surface area (Å²) in [5, 5.41) is 9.74. The van der Waals surface area contributed by atoms with Gasteiger partial charge in [-0.2, -0.15) is 4.98 Å². The molecule has 1 aromatic carbocycles. The molecular formula is C14H15N5. The Kier molecular flexibility index (Phi) is 2.36. The number of rotatable bonds is 1. The first-order valence-electron chi connectivity index (χ1n) is 6.78. The van der Waals surface area contributed by atoms with Crippen molar-refractivity contribution in [3.63, 3.8) is 0 Å². The van der Waals surface area contributed by atoms with E-state index in [0.29, 0.717) is 0 Å². The van der Waals surface area contributed by atoms with Crippen molar-refractivity contribution in [2.45, 2.75) is 19.3 Å². The van der Waals surface area contributed by atoms with Crippen LogP contribution in [0.2, 0.25) is 0 Å². The molecule has 1 aliphatic rings. The van der Waals surface area contributed by atoms with E-state index in [9.17, 15) is 0 Å². The highest BCUT2D eigenvalue weighted by atomic mass is 15.3. The number of H-pyrrole nitrogens is 1. The van der Waals surface area contributed by atoms with Gasteiger partial charge in [-0.3, -0.25) is 0 Å². The van der Waals surface area contributed by atoms with Crippen molar-refractivity contribution in [3.05, 3.63) is 24.3 Å². The molecule has 1 aliphatic heterocycles. The van der Waals surface area contributed by atoms with Gasteiger partial charge >= 0.3 is 0 Å². The number of piperidine rings is 1. The second kappa shape index (κ2) is 4.19. The van der Waals surface area contributed by atoms with Crippen molar-refractivity contribution in [3.8, 4) is 0 Å². The normalized spacial score (nSPS) is 16.3. The Morgan fingerprint density at radius 2 is 1.84 bits per heavy atom. The highest BCUT2D eigenvalue weighted by molar-refractivity contribution is 6.03. The third-order valence-electron chi connectivity index (χ3n) is 3.75. The number of para-hydroxylation sites is 1. The van der Waals surface area contributed by atoms with Gasteiger partial charge in [0.05, 0.1) is 0 Å². The average molecular weight is 253 g/mol. The van der Waals surface area contributed by atoms with Crippen LogP contribution in [0.3, 0.4) is 0 Å². The van der Waals surface area contributed by atoms with Crippen LogP contribution in [-0.2, 0) is 0 Å². The number of aromatic amines is 1. The first-order valence-corrected chi connectivity index (χ1v) is 6.78. The summed E-state index contributed by atoms with van der Waals surface area (Å²) < 4.78 is 0. The van der Waals surface area contributed by atoms with Crippen LogP contribution in [0, 0.1) is 0 Å². The van der Waals surface area contributed by atoms with Gasteiger partial charge in [-0.05, 0) is 25.3 Å². The molecule has 5 nitrogen and oxygen atoms in total. The summed E-state index contributed by atoms with van der Waals surface area (Å²) >= 11 is 0. The van der Waals surface area contributed by atoms with Gasteiger partial charge < -0.3 is 9.88 Å². The lowest BCUT2D eigenvalue weighted by Gasteiger charge is -2.25. The van der Waals surface area contributed by atoms with Crippen molar-refractivity contribution in [1.82, 2.24) is 20.2 Å². The first-order chi connectivity index (χ1) is 9.42. The average Bonchev–Trinajstić information content (AvgIpc) is 2.86. The van der Waals surface area contributed by atoms with Crippen LogP contribution in [0.5, 0.6) is 0 Å². The smallest absolute Gasteiger partial charge is 0.247 e. The SMILES string of the molecule is c1ccc2c(c1)[nH]c1nc(N3CCCCC3)nnc12. The van der Waals surface area contributed by atoms with Crippen LogP contribution >= 0.6 is 0 Å². The van der Waals surface area contributed by atoms with Crippen LogP contribution in [0.15, 0.2) is 24.3 Å². The topological polar surface area (TPSA) is 57.7 Å². The molecule has 1 N–H and O–H groups in total. The molecular weight excluding hydrogens is 238 g/mol. The molecule has 4 rings (SSSR count). The molecule has 2 aromatic heterocycles. The van der Waals surface area contributed by atoms with Gasteiger partial charge in [0.1, 0.15) is 5.52 Å². The summed E-state index contributed by atoms with van der Waals surface area (Å²) in [5.41, 5.74) is 2.75. The van der Waals surface area contributed by atoms with E-state index in [1.165, 1.54) is 19.3 Å². The predicted octanol–water partition coefficient (Wildman–Crippen LogP) is 2.50.